The lowest BCUT2D eigenvalue weighted by Gasteiger charge is -2.39. The number of para-hydroxylation sites is 1. The first kappa shape index (κ1) is 13.2. The van der Waals surface area contributed by atoms with E-state index in [1.165, 1.54) is 0 Å². The quantitative estimate of drug-likeness (QED) is 0.883. The number of rotatable bonds is 2. The highest BCUT2D eigenvalue weighted by atomic mass is 19.4. The second kappa shape index (κ2) is 4.80. The number of benzene rings is 1. The van der Waals surface area contributed by atoms with Crippen molar-refractivity contribution in [1.82, 2.24) is 0 Å². The molecule has 1 aromatic rings. The van der Waals surface area contributed by atoms with Crippen LogP contribution in [0, 0.1) is 0 Å². The van der Waals surface area contributed by atoms with Crippen LogP contribution >= 0.6 is 0 Å². The zero-order chi connectivity index (χ0) is 13.3. The molecule has 0 radical (unpaired) electrons. The van der Waals surface area contributed by atoms with Gasteiger partial charge in [-0.25, -0.2) is 0 Å². The van der Waals surface area contributed by atoms with Crippen molar-refractivity contribution in [2.24, 2.45) is 5.73 Å². The van der Waals surface area contributed by atoms with Crippen LogP contribution < -0.4 is 10.6 Å². The molecule has 2 rings (SSSR count). The maximum atomic E-state index is 13.0. The van der Waals surface area contributed by atoms with Crippen LogP contribution in [0.15, 0.2) is 24.3 Å². The molecule has 0 bridgehead atoms. The Hall–Kier alpha value is -1.23. The van der Waals surface area contributed by atoms with Crippen LogP contribution in [0.25, 0.3) is 0 Å². The van der Waals surface area contributed by atoms with Gasteiger partial charge in [-0.05, 0) is 25.0 Å². The smallest absolute Gasteiger partial charge is 0.367 e. The molecule has 0 saturated heterocycles. The van der Waals surface area contributed by atoms with Crippen molar-refractivity contribution < 1.29 is 13.2 Å². The molecule has 1 aromatic carbocycles. The Morgan fingerprint density at radius 2 is 2.06 bits per heavy atom. The molecule has 0 unspecified atom stereocenters. The Balaban J connectivity index is 2.41. The van der Waals surface area contributed by atoms with Crippen LogP contribution in [0.3, 0.4) is 0 Å². The maximum absolute atomic E-state index is 13.0. The van der Waals surface area contributed by atoms with Gasteiger partial charge in [0.25, 0.3) is 0 Å². The number of anilines is 1. The third kappa shape index (κ3) is 2.32. The third-order valence-corrected chi connectivity index (χ3v) is 3.55. The minimum atomic E-state index is -4.17. The number of hydrogen-bond donors (Lipinski definition) is 1. The number of alkyl halides is 3. The number of nitrogens with two attached hydrogens (primary N) is 1. The third-order valence-electron chi connectivity index (χ3n) is 3.55. The average Bonchev–Trinajstić information content (AvgIpc) is 2.35. The molecule has 2 atom stereocenters. The molecular weight excluding hydrogens is 241 g/mol. The zero-order valence-corrected chi connectivity index (χ0v) is 10.2. The van der Waals surface area contributed by atoms with Gasteiger partial charge in [0.1, 0.15) is 0 Å². The fourth-order valence-electron chi connectivity index (χ4n) is 2.51. The normalized spacial score (nSPS) is 21.6. The van der Waals surface area contributed by atoms with Gasteiger partial charge < -0.3 is 10.6 Å². The van der Waals surface area contributed by atoms with Gasteiger partial charge in [-0.15, -0.1) is 0 Å². The highest BCUT2D eigenvalue weighted by molar-refractivity contribution is 5.58. The summed E-state index contributed by atoms with van der Waals surface area (Å²) in [5, 5.41) is 0. The van der Waals surface area contributed by atoms with E-state index in [4.69, 9.17) is 5.73 Å². The van der Waals surface area contributed by atoms with Crippen molar-refractivity contribution in [2.75, 3.05) is 18.0 Å². The van der Waals surface area contributed by atoms with E-state index in [-0.39, 0.29) is 12.5 Å². The van der Waals surface area contributed by atoms with E-state index in [1.807, 2.05) is 11.8 Å². The van der Waals surface area contributed by atoms with Crippen LogP contribution in [-0.2, 0) is 0 Å². The van der Waals surface area contributed by atoms with Gasteiger partial charge in [0.2, 0.25) is 0 Å². The second-order valence-corrected chi connectivity index (χ2v) is 4.72. The van der Waals surface area contributed by atoms with Gasteiger partial charge in [-0.3, -0.25) is 0 Å². The van der Waals surface area contributed by atoms with Gasteiger partial charge in [0.15, 0.2) is 0 Å². The first-order chi connectivity index (χ1) is 8.45. The van der Waals surface area contributed by atoms with Gasteiger partial charge in [0, 0.05) is 24.8 Å². The molecule has 1 heterocycles. The van der Waals surface area contributed by atoms with Crippen molar-refractivity contribution >= 4 is 5.69 Å². The summed E-state index contributed by atoms with van der Waals surface area (Å²) in [7, 11) is 0. The maximum Gasteiger partial charge on any atom is 0.395 e. The molecule has 5 heteroatoms. The SMILES string of the molecule is C[C@@H](CN)N1CC[C@@H](C(F)(F)F)c2ccccc21. The summed E-state index contributed by atoms with van der Waals surface area (Å²) in [6.07, 6.45) is -4.07. The Morgan fingerprint density at radius 1 is 1.39 bits per heavy atom. The van der Waals surface area contributed by atoms with E-state index in [2.05, 4.69) is 0 Å². The summed E-state index contributed by atoms with van der Waals surface area (Å²) in [4.78, 5) is 1.97. The summed E-state index contributed by atoms with van der Waals surface area (Å²) in [5.74, 6) is -1.35. The molecule has 0 aliphatic carbocycles. The van der Waals surface area contributed by atoms with Gasteiger partial charge in [-0.2, -0.15) is 13.2 Å². The second-order valence-electron chi connectivity index (χ2n) is 4.72. The molecule has 0 amide bonds. The van der Waals surface area contributed by atoms with E-state index < -0.39 is 12.1 Å². The minimum Gasteiger partial charge on any atom is -0.367 e. The number of halogens is 3. The lowest BCUT2D eigenvalue weighted by atomic mass is 9.88. The Bertz CT molecular complexity index is 417. The minimum absolute atomic E-state index is 0.0559. The van der Waals surface area contributed by atoms with Crippen molar-refractivity contribution in [3.8, 4) is 0 Å². The zero-order valence-electron chi connectivity index (χ0n) is 10.2. The van der Waals surface area contributed by atoms with Crippen LogP contribution in [0.1, 0.15) is 24.8 Å². The van der Waals surface area contributed by atoms with E-state index in [9.17, 15) is 13.2 Å². The molecule has 100 valence electrons. The molecular formula is C13H17F3N2. The standard InChI is InChI=1S/C13H17F3N2/c1-9(8-17)18-7-6-11(13(14,15)16)10-4-2-3-5-12(10)18/h2-5,9,11H,6-8,17H2,1H3/t9-,11+/m0/s1. The lowest BCUT2D eigenvalue weighted by Crippen LogP contribution is -2.44. The fraction of sp³-hybridized carbons (Fsp3) is 0.538. The number of hydrogen-bond acceptors (Lipinski definition) is 2. The van der Waals surface area contributed by atoms with E-state index >= 15 is 0 Å². The Labute approximate surface area is 105 Å². The molecule has 0 aromatic heterocycles. The van der Waals surface area contributed by atoms with Gasteiger partial charge in [0.05, 0.1) is 5.92 Å². The van der Waals surface area contributed by atoms with E-state index in [0.29, 0.717) is 24.3 Å². The van der Waals surface area contributed by atoms with Crippen LogP contribution in [0.2, 0.25) is 0 Å². The van der Waals surface area contributed by atoms with E-state index in [1.54, 1.807) is 24.3 Å². The molecule has 18 heavy (non-hydrogen) atoms. The first-order valence-electron chi connectivity index (χ1n) is 6.07. The Morgan fingerprint density at radius 3 is 2.67 bits per heavy atom. The number of fused-ring (bicyclic) bond motifs is 1. The van der Waals surface area contributed by atoms with Crippen molar-refractivity contribution in [2.45, 2.75) is 31.5 Å². The fourth-order valence-corrected chi connectivity index (χ4v) is 2.51. The number of nitrogens with zero attached hydrogens (tertiary/aromatic N) is 1. The highest BCUT2D eigenvalue weighted by Crippen LogP contribution is 2.44. The monoisotopic (exact) mass is 258 g/mol. The Kier molecular flexibility index (Phi) is 3.52. The molecule has 0 spiro atoms. The summed E-state index contributed by atoms with van der Waals surface area (Å²) in [6, 6.07) is 6.81. The molecule has 2 N–H and O–H groups in total. The summed E-state index contributed by atoms with van der Waals surface area (Å²) < 4.78 is 39.0. The molecule has 2 nitrogen and oxygen atoms in total. The molecule has 0 fully saturated rings. The predicted molar refractivity (Wildman–Crippen MR) is 65.7 cm³/mol. The largest absolute Gasteiger partial charge is 0.395 e. The van der Waals surface area contributed by atoms with E-state index in [0.717, 1.165) is 0 Å². The average molecular weight is 258 g/mol. The van der Waals surface area contributed by atoms with Gasteiger partial charge in [-0.1, -0.05) is 18.2 Å². The van der Waals surface area contributed by atoms with Crippen molar-refractivity contribution in [1.29, 1.82) is 0 Å². The van der Waals surface area contributed by atoms with Crippen molar-refractivity contribution in [3.05, 3.63) is 29.8 Å². The topological polar surface area (TPSA) is 29.3 Å². The van der Waals surface area contributed by atoms with Crippen molar-refractivity contribution in [3.63, 3.8) is 0 Å². The van der Waals surface area contributed by atoms with Crippen LogP contribution in [-0.4, -0.2) is 25.3 Å². The summed E-state index contributed by atoms with van der Waals surface area (Å²) in [5.41, 5.74) is 6.66. The van der Waals surface area contributed by atoms with Gasteiger partial charge >= 0.3 is 6.18 Å². The predicted octanol–water partition coefficient (Wildman–Crippen LogP) is 2.89. The lowest BCUT2D eigenvalue weighted by molar-refractivity contribution is -0.152. The van der Waals surface area contributed by atoms with Crippen LogP contribution in [0.5, 0.6) is 0 Å². The molecule has 1 aliphatic heterocycles. The molecule has 1 aliphatic rings. The summed E-state index contributed by atoms with van der Waals surface area (Å²) in [6.45, 7) is 2.77. The summed E-state index contributed by atoms with van der Waals surface area (Å²) >= 11 is 0. The molecule has 0 saturated carbocycles. The highest BCUT2D eigenvalue weighted by Gasteiger charge is 2.44. The van der Waals surface area contributed by atoms with Crippen LogP contribution in [0.4, 0.5) is 18.9 Å². The first-order valence-corrected chi connectivity index (χ1v) is 6.07.